The van der Waals surface area contributed by atoms with Gasteiger partial charge in [0.05, 0.1) is 32.4 Å². The number of carbonyl (C=O) groups is 2. The summed E-state index contributed by atoms with van der Waals surface area (Å²) < 4.78 is 15.6. The van der Waals surface area contributed by atoms with E-state index in [4.69, 9.17) is 19.6 Å². The van der Waals surface area contributed by atoms with Crippen LogP contribution in [0.2, 0.25) is 0 Å². The molecular formula is C24H24N3O6+. The van der Waals surface area contributed by atoms with E-state index in [0.717, 1.165) is 16.6 Å². The number of benzene rings is 3. The number of hydrogen-bond acceptors (Lipinski definition) is 8. The molecule has 0 amide bonds. The first-order valence-corrected chi connectivity index (χ1v) is 10.4. The zero-order valence-electron chi connectivity index (χ0n) is 18.3. The first kappa shape index (κ1) is 22.1. The molecular weight excluding hydrogens is 426 g/mol. The van der Waals surface area contributed by atoms with Gasteiger partial charge in [-0.15, -0.1) is 0 Å². The second kappa shape index (κ2) is 9.15. The fourth-order valence-corrected chi connectivity index (χ4v) is 3.79. The van der Waals surface area contributed by atoms with E-state index in [1.54, 1.807) is 12.1 Å². The number of fused-ring (bicyclic) bond motifs is 4. The van der Waals surface area contributed by atoms with Gasteiger partial charge in [-0.1, -0.05) is 0 Å². The van der Waals surface area contributed by atoms with Gasteiger partial charge in [0.15, 0.2) is 5.43 Å². The van der Waals surface area contributed by atoms with E-state index in [2.05, 4.69) is 4.98 Å². The largest absolute Gasteiger partial charge is 0.469 e. The van der Waals surface area contributed by atoms with Crippen LogP contribution in [0.5, 0.6) is 0 Å². The van der Waals surface area contributed by atoms with Crippen molar-refractivity contribution in [3.05, 3.63) is 52.7 Å². The highest BCUT2D eigenvalue weighted by atomic mass is 16.5. The summed E-state index contributed by atoms with van der Waals surface area (Å²) in [5.41, 5.74) is 9.78. The van der Waals surface area contributed by atoms with Gasteiger partial charge < -0.3 is 24.5 Å². The number of nitrogens with one attached hydrogen (secondary N) is 1. The molecule has 0 bridgehead atoms. The molecule has 4 rings (SSSR count). The van der Waals surface area contributed by atoms with Crippen LogP contribution in [0.4, 0.5) is 11.4 Å². The SMILES string of the molecule is COC(=O)CCN(CCC(=O)OC)c1ccc2[nH+]c3c(cc(N)c4ccc(=O)cc43)oc2c1. The van der Waals surface area contributed by atoms with Crippen LogP contribution in [0, 0.1) is 0 Å². The zero-order chi connectivity index (χ0) is 23.5. The molecule has 1 aromatic heterocycles. The monoisotopic (exact) mass is 450 g/mol. The highest BCUT2D eigenvalue weighted by Gasteiger charge is 2.18. The Kier molecular flexibility index (Phi) is 6.12. The summed E-state index contributed by atoms with van der Waals surface area (Å²) in [5.74, 6) is -0.689. The Morgan fingerprint density at radius 3 is 2.30 bits per heavy atom. The molecule has 0 radical (unpaired) electrons. The first-order chi connectivity index (χ1) is 15.9. The van der Waals surface area contributed by atoms with Crippen molar-refractivity contribution in [2.24, 2.45) is 0 Å². The van der Waals surface area contributed by atoms with Crippen molar-refractivity contribution >= 4 is 56.3 Å². The lowest BCUT2D eigenvalue weighted by atomic mass is 10.1. The van der Waals surface area contributed by atoms with E-state index in [1.165, 1.54) is 26.4 Å². The Bertz CT molecular complexity index is 1410. The molecule has 0 unspecified atom stereocenters. The Balaban J connectivity index is 1.77. The number of H-pyrrole nitrogens is 1. The number of rotatable bonds is 7. The number of hydrogen-bond donors (Lipinski definition) is 1. The van der Waals surface area contributed by atoms with E-state index in [9.17, 15) is 14.4 Å². The maximum absolute atomic E-state index is 11.9. The summed E-state index contributed by atoms with van der Waals surface area (Å²) in [4.78, 5) is 40.5. The van der Waals surface area contributed by atoms with E-state index in [-0.39, 0.29) is 30.2 Å². The van der Waals surface area contributed by atoms with Crippen LogP contribution in [0.15, 0.2) is 51.7 Å². The minimum absolute atomic E-state index is 0.120. The van der Waals surface area contributed by atoms with Crippen LogP contribution in [0.3, 0.4) is 0 Å². The second-order valence-corrected chi connectivity index (χ2v) is 7.59. The fourth-order valence-electron chi connectivity index (χ4n) is 3.79. The molecule has 0 aliphatic carbocycles. The Hall–Kier alpha value is -4.14. The summed E-state index contributed by atoms with van der Waals surface area (Å²) in [7, 11) is 2.67. The van der Waals surface area contributed by atoms with Gasteiger partial charge in [0.2, 0.25) is 16.7 Å². The Morgan fingerprint density at radius 2 is 1.64 bits per heavy atom. The van der Waals surface area contributed by atoms with Gasteiger partial charge in [0.1, 0.15) is 0 Å². The number of aromatic nitrogens is 1. The van der Waals surface area contributed by atoms with Crippen molar-refractivity contribution in [3.63, 3.8) is 0 Å². The number of nitrogens with zero attached hydrogens (tertiary/aromatic N) is 1. The Labute approximate surface area is 188 Å². The van der Waals surface area contributed by atoms with Crippen molar-refractivity contribution in [2.75, 3.05) is 37.9 Å². The molecule has 9 nitrogen and oxygen atoms in total. The molecule has 0 saturated heterocycles. The molecule has 0 saturated carbocycles. The van der Waals surface area contributed by atoms with E-state index in [1.807, 2.05) is 23.1 Å². The smallest absolute Gasteiger partial charge is 0.307 e. The van der Waals surface area contributed by atoms with Gasteiger partial charge in [-0.2, -0.15) is 4.98 Å². The zero-order valence-corrected chi connectivity index (χ0v) is 18.3. The van der Waals surface area contributed by atoms with Gasteiger partial charge in [-0.3, -0.25) is 14.4 Å². The normalized spacial score (nSPS) is 11.1. The molecule has 9 heteroatoms. The minimum Gasteiger partial charge on any atom is -0.469 e. The molecule has 3 aromatic carbocycles. The predicted octanol–water partition coefficient (Wildman–Crippen LogP) is 2.43. The topological polar surface area (TPSA) is 126 Å². The fraction of sp³-hybridized carbons (Fsp3) is 0.250. The highest BCUT2D eigenvalue weighted by Crippen LogP contribution is 2.30. The molecule has 170 valence electrons. The molecule has 0 spiro atoms. The lowest BCUT2D eigenvalue weighted by Crippen LogP contribution is -2.29. The number of carbonyl (C=O) groups excluding carboxylic acids is 2. The van der Waals surface area contributed by atoms with Crippen LogP contribution < -0.4 is 21.0 Å². The van der Waals surface area contributed by atoms with Gasteiger partial charge in [0, 0.05) is 54.1 Å². The Morgan fingerprint density at radius 1 is 0.939 bits per heavy atom. The van der Waals surface area contributed by atoms with Gasteiger partial charge >= 0.3 is 11.9 Å². The molecule has 3 N–H and O–H groups in total. The van der Waals surface area contributed by atoms with Gasteiger partial charge in [-0.25, -0.2) is 0 Å². The van der Waals surface area contributed by atoms with Crippen LogP contribution in [-0.2, 0) is 19.1 Å². The third-order valence-corrected chi connectivity index (χ3v) is 5.54. The highest BCUT2D eigenvalue weighted by molar-refractivity contribution is 6.08. The standard InChI is InChI=1S/C24H23N3O6/c1-31-22(29)7-9-27(10-8-23(30)32-2)14-3-6-19-20(11-14)33-21-13-18(25)16-5-4-15(28)12-17(16)24(21)26-19/h3-6,11-13H,7-10,25H2,1-2H3/p+1. The number of anilines is 2. The second-order valence-electron chi connectivity index (χ2n) is 7.59. The lowest BCUT2D eigenvalue weighted by molar-refractivity contribution is -0.310. The number of ether oxygens (including phenoxy) is 2. The van der Waals surface area contributed by atoms with Crippen molar-refractivity contribution in [3.8, 4) is 0 Å². The van der Waals surface area contributed by atoms with E-state index < -0.39 is 0 Å². The van der Waals surface area contributed by atoms with Crippen LogP contribution >= 0.6 is 0 Å². The average molecular weight is 450 g/mol. The predicted molar refractivity (Wildman–Crippen MR) is 124 cm³/mol. The molecule has 0 atom stereocenters. The maximum Gasteiger partial charge on any atom is 0.307 e. The molecule has 1 heterocycles. The van der Waals surface area contributed by atoms with Gasteiger partial charge in [-0.05, 0) is 18.2 Å². The maximum atomic E-state index is 11.9. The first-order valence-electron chi connectivity index (χ1n) is 10.4. The molecule has 33 heavy (non-hydrogen) atoms. The number of nitrogens with two attached hydrogens (primary N) is 1. The quantitative estimate of drug-likeness (QED) is 0.197. The van der Waals surface area contributed by atoms with Crippen molar-refractivity contribution in [1.82, 2.24) is 0 Å². The minimum atomic E-state index is -0.344. The molecule has 0 fully saturated rings. The lowest BCUT2D eigenvalue weighted by Gasteiger charge is -2.23. The number of methoxy groups -OCH3 is 2. The summed E-state index contributed by atoms with van der Waals surface area (Å²) in [6.07, 6.45) is 0.327. The summed E-state index contributed by atoms with van der Waals surface area (Å²) in [6, 6.07) is 12.0. The third kappa shape index (κ3) is 4.57. The number of aromatic amines is 1. The molecule has 0 aliphatic rings. The third-order valence-electron chi connectivity index (χ3n) is 5.54. The van der Waals surface area contributed by atoms with Crippen LogP contribution in [0.25, 0.3) is 33.0 Å². The number of esters is 2. The van der Waals surface area contributed by atoms with E-state index in [0.29, 0.717) is 40.8 Å². The summed E-state index contributed by atoms with van der Waals surface area (Å²) in [6.45, 7) is 0.715. The molecule has 0 aliphatic heterocycles. The molecule has 4 aromatic rings. The van der Waals surface area contributed by atoms with Crippen molar-refractivity contribution < 1.29 is 28.5 Å². The summed E-state index contributed by atoms with van der Waals surface area (Å²) in [5, 5.41) is 1.45. The van der Waals surface area contributed by atoms with Crippen LogP contribution in [0.1, 0.15) is 12.8 Å². The number of nitrogen functional groups attached to an aromatic ring is 1. The average Bonchev–Trinajstić information content (AvgIpc) is 2.82. The van der Waals surface area contributed by atoms with Crippen molar-refractivity contribution in [2.45, 2.75) is 12.8 Å². The summed E-state index contributed by atoms with van der Waals surface area (Å²) >= 11 is 0. The van der Waals surface area contributed by atoms with Crippen LogP contribution in [-0.4, -0.2) is 39.2 Å². The van der Waals surface area contributed by atoms with Gasteiger partial charge in [0.25, 0.3) is 5.52 Å². The van der Waals surface area contributed by atoms with Crippen molar-refractivity contribution in [1.29, 1.82) is 0 Å². The van der Waals surface area contributed by atoms with E-state index >= 15 is 0 Å².